The highest BCUT2D eigenvalue weighted by Gasteiger charge is 1.94. The van der Waals surface area contributed by atoms with Gasteiger partial charge in [0.1, 0.15) is 0 Å². The molecule has 0 atom stereocenters. The van der Waals surface area contributed by atoms with E-state index in [9.17, 15) is 4.79 Å². The van der Waals surface area contributed by atoms with Gasteiger partial charge in [-0.3, -0.25) is 10.2 Å². The topological polar surface area (TPSA) is 53.0 Å². The fourth-order valence-electron chi connectivity index (χ4n) is 0.301. The molecule has 0 aromatic heterocycles. The van der Waals surface area contributed by atoms with Crippen LogP contribution in [0.3, 0.4) is 0 Å². The van der Waals surface area contributed by atoms with Crippen molar-refractivity contribution in [3.8, 4) is 0 Å². The summed E-state index contributed by atoms with van der Waals surface area (Å²) in [6, 6.07) is 0. The molecule has 3 nitrogen and oxygen atoms in total. The number of hydrogen-bond acceptors (Lipinski definition) is 2. The number of nitrogens with one attached hydrogen (secondary N) is 2. The average molecular weight is 185 g/mol. The SMILES string of the molecule is CCC(=N)NCC(=O)Cl.Cl. The van der Waals surface area contributed by atoms with Crippen LogP contribution in [0.15, 0.2) is 0 Å². The second-order valence-corrected chi connectivity index (χ2v) is 1.96. The molecule has 0 aromatic carbocycles. The minimum atomic E-state index is -0.465. The molecule has 0 fully saturated rings. The number of carbonyl (C=O) groups is 1. The lowest BCUT2D eigenvalue weighted by molar-refractivity contribution is -0.110. The van der Waals surface area contributed by atoms with Crippen LogP contribution >= 0.6 is 24.0 Å². The predicted molar refractivity (Wildman–Crippen MR) is 44.1 cm³/mol. The minimum Gasteiger partial charge on any atom is -0.366 e. The summed E-state index contributed by atoms with van der Waals surface area (Å²) in [5, 5.41) is 9.08. The highest BCUT2D eigenvalue weighted by Crippen LogP contribution is 1.78. The normalized spacial score (nSPS) is 7.80. The van der Waals surface area contributed by atoms with Crippen molar-refractivity contribution in [2.75, 3.05) is 6.54 Å². The van der Waals surface area contributed by atoms with Gasteiger partial charge in [-0.2, -0.15) is 0 Å². The van der Waals surface area contributed by atoms with Crippen molar-refractivity contribution in [2.45, 2.75) is 13.3 Å². The maximum absolute atomic E-state index is 10.1. The van der Waals surface area contributed by atoms with Gasteiger partial charge < -0.3 is 5.32 Å². The van der Waals surface area contributed by atoms with Crippen LogP contribution in [0.1, 0.15) is 13.3 Å². The Hall–Kier alpha value is -0.280. The van der Waals surface area contributed by atoms with Crippen molar-refractivity contribution in [3.63, 3.8) is 0 Å². The highest BCUT2D eigenvalue weighted by molar-refractivity contribution is 6.64. The molecule has 5 heteroatoms. The van der Waals surface area contributed by atoms with Gasteiger partial charge >= 0.3 is 0 Å². The van der Waals surface area contributed by atoms with E-state index >= 15 is 0 Å². The third kappa shape index (κ3) is 7.72. The molecule has 10 heavy (non-hydrogen) atoms. The summed E-state index contributed by atoms with van der Waals surface area (Å²) >= 11 is 4.98. The molecule has 0 heterocycles. The Morgan fingerprint density at radius 2 is 2.20 bits per heavy atom. The van der Waals surface area contributed by atoms with E-state index in [-0.39, 0.29) is 19.0 Å². The number of halogens is 2. The lowest BCUT2D eigenvalue weighted by Gasteiger charge is -1.99. The van der Waals surface area contributed by atoms with Crippen molar-refractivity contribution in [2.24, 2.45) is 0 Å². The fraction of sp³-hybridized carbons (Fsp3) is 0.600. The molecule has 60 valence electrons. The van der Waals surface area contributed by atoms with Gasteiger partial charge in [-0.05, 0) is 11.6 Å². The second-order valence-electron chi connectivity index (χ2n) is 1.54. The largest absolute Gasteiger partial charge is 0.366 e. The molecule has 0 aliphatic carbocycles. The monoisotopic (exact) mass is 184 g/mol. The van der Waals surface area contributed by atoms with Crippen molar-refractivity contribution >= 4 is 35.1 Å². The third-order valence-electron chi connectivity index (χ3n) is 0.794. The van der Waals surface area contributed by atoms with Crippen molar-refractivity contribution in [3.05, 3.63) is 0 Å². The van der Waals surface area contributed by atoms with Crippen LogP contribution in [0.2, 0.25) is 0 Å². The summed E-state index contributed by atoms with van der Waals surface area (Å²) < 4.78 is 0. The van der Waals surface area contributed by atoms with E-state index in [0.717, 1.165) is 0 Å². The molecule has 0 aromatic rings. The van der Waals surface area contributed by atoms with E-state index in [2.05, 4.69) is 5.32 Å². The quantitative estimate of drug-likeness (QED) is 0.393. The van der Waals surface area contributed by atoms with Gasteiger partial charge in [0.25, 0.3) is 0 Å². The van der Waals surface area contributed by atoms with Crippen LogP contribution < -0.4 is 5.32 Å². The zero-order chi connectivity index (χ0) is 7.28. The predicted octanol–water partition coefficient (Wildman–Crippen LogP) is 1.15. The fourth-order valence-corrected chi connectivity index (χ4v) is 0.368. The molecular weight excluding hydrogens is 175 g/mol. The standard InChI is InChI=1S/C5H9ClN2O.ClH/c1-2-5(7)8-3-4(6)9;/h2-3H2,1H3,(H2,7,8);1H. The van der Waals surface area contributed by atoms with Crippen molar-refractivity contribution < 1.29 is 4.79 Å². The van der Waals surface area contributed by atoms with Gasteiger partial charge in [0, 0.05) is 6.42 Å². The first-order valence-electron chi connectivity index (χ1n) is 2.66. The van der Waals surface area contributed by atoms with Crippen LogP contribution in [0.25, 0.3) is 0 Å². The van der Waals surface area contributed by atoms with E-state index in [4.69, 9.17) is 17.0 Å². The van der Waals surface area contributed by atoms with Gasteiger partial charge in [-0.1, -0.05) is 6.92 Å². The smallest absolute Gasteiger partial charge is 0.240 e. The molecule has 0 saturated carbocycles. The molecule has 0 rings (SSSR count). The molecule has 0 aliphatic rings. The molecule has 2 N–H and O–H groups in total. The summed E-state index contributed by atoms with van der Waals surface area (Å²) in [5.41, 5.74) is 0. The van der Waals surface area contributed by atoms with Gasteiger partial charge in [0.15, 0.2) is 0 Å². The number of carbonyl (C=O) groups excluding carboxylic acids is 1. The van der Waals surface area contributed by atoms with Gasteiger partial charge in [-0.15, -0.1) is 12.4 Å². The van der Waals surface area contributed by atoms with Crippen LogP contribution in [0.5, 0.6) is 0 Å². The lowest BCUT2D eigenvalue weighted by Crippen LogP contribution is -2.25. The number of rotatable bonds is 3. The molecule has 0 aliphatic heterocycles. The molecule has 0 unspecified atom stereocenters. The maximum Gasteiger partial charge on any atom is 0.240 e. The number of hydrogen-bond donors (Lipinski definition) is 2. The summed E-state index contributed by atoms with van der Waals surface area (Å²) in [6.45, 7) is 1.88. The first-order chi connectivity index (χ1) is 4.16. The van der Waals surface area contributed by atoms with Crippen molar-refractivity contribution in [1.29, 1.82) is 5.41 Å². The average Bonchev–Trinajstić information content (AvgIpc) is 1.83. The van der Waals surface area contributed by atoms with Crippen molar-refractivity contribution in [1.82, 2.24) is 5.32 Å². The molecule has 0 spiro atoms. The molecule has 0 saturated heterocycles. The summed E-state index contributed by atoms with van der Waals surface area (Å²) in [5.74, 6) is 0.337. The first kappa shape index (κ1) is 12.4. The summed E-state index contributed by atoms with van der Waals surface area (Å²) in [6.07, 6.45) is 0.601. The molecule has 0 bridgehead atoms. The van der Waals surface area contributed by atoms with E-state index in [0.29, 0.717) is 12.3 Å². The third-order valence-corrected chi connectivity index (χ3v) is 0.928. The second kappa shape index (κ2) is 6.83. The van der Waals surface area contributed by atoms with Crippen LogP contribution in [-0.4, -0.2) is 17.6 Å². The zero-order valence-electron chi connectivity index (χ0n) is 5.61. The van der Waals surface area contributed by atoms with E-state index in [1.165, 1.54) is 0 Å². The summed E-state index contributed by atoms with van der Waals surface area (Å²) in [7, 11) is 0. The number of amidine groups is 1. The Labute approximate surface area is 71.1 Å². The Morgan fingerprint density at radius 3 is 2.50 bits per heavy atom. The maximum atomic E-state index is 10.1. The molecular formula is C5H10Cl2N2O. The molecule has 0 radical (unpaired) electrons. The molecule has 0 amide bonds. The van der Waals surface area contributed by atoms with E-state index < -0.39 is 5.24 Å². The van der Waals surface area contributed by atoms with Crippen LogP contribution in [0, 0.1) is 5.41 Å². The van der Waals surface area contributed by atoms with Gasteiger partial charge in [0.2, 0.25) is 5.24 Å². The van der Waals surface area contributed by atoms with Crippen LogP contribution in [-0.2, 0) is 4.79 Å². The van der Waals surface area contributed by atoms with Gasteiger partial charge in [0.05, 0.1) is 12.4 Å². The van der Waals surface area contributed by atoms with E-state index in [1.54, 1.807) is 0 Å². The van der Waals surface area contributed by atoms with Crippen LogP contribution in [0.4, 0.5) is 0 Å². The highest BCUT2D eigenvalue weighted by atomic mass is 35.5. The van der Waals surface area contributed by atoms with E-state index in [1.807, 2.05) is 6.92 Å². The van der Waals surface area contributed by atoms with Gasteiger partial charge in [-0.25, -0.2) is 0 Å². The summed E-state index contributed by atoms with van der Waals surface area (Å²) in [4.78, 5) is 10.1. The Morgan fingerprint density at radius 1 is 1.70 bits per heavy atom. The Bertz CT molecular complexity index is 127. The Kier molecular flexibility index (Phi) is 8.48. The minimum absolute atomic E-state index is 0. The zero-order valence-corrected chi connectivity index (χ0v) is 7.18. The first-order valence-corrected chi connectivity index (χ1v) is 3.04. The lowest BCUT2D eigenvalue weighted by atomic mass is 10.4. The Balaban J connectivity index is 0.